The summed E-state index contributed by atoms with van der Waals surface area (Å²) in [4.78, 5) is 6.91. The van der Waals surface area contributed by atoms with E-state index in [1.54, 1.807) is 0 Å². The molecule has 0 amide bonds. The molecule has 3 aliphatic rings. The van der Waals surface area contributed by atoms with Crippen LogP contribution in [0.5, 0.6) is 0 Å². The van der Waals surface area contributed by atoms with Crippen molar-refractivity contribution in [3.63, 3.8) is 0 Å². The number of ether oxygens (including phenoxy) is 2. The molecule has 2 saturated heterocycles. The van der Waals surface area contributed by atoms with Gasteiger partial charge in [0.2, 0.25) is 0 Å². The zero-order valence-electron chi connectivity index (χ0n) is 17.9. The molecule has 28 heavy (non-hydrogen) atoms. The first-order valence-electron chi connectivity index (χ1n) is 11.5. The number of guanidine groups is 1. The fraction of sp³-hybridized carbons (Fsp3) is 0.955. The Morgan fingerprint density at radius 1 is 1.04 bits per heavy atom. The van der Waals surface area contributed by atoms with E-state index in [-0.39, 0.29) is 24.0 Å². The van der Waals surface area contributed by atoms with Crippen molar-refractivity contribution in [2.45, 2.75) is 89.3 Å². The Balaban J connectivity index is 0.00000280. The van der Waals surface area contributed by atoms with Crippen LogP contribution in [0.25, 0.3) is 0 Å². The maximum Gasteiger partial charge on any atom is 0.193 e. The zero-order valence-corrected chi connectivity index (χ0v) is 20.2. The highest BCUT2D eigenvalue weighted by atomic mass is 127. The van der Waals surface area contributed by atoms with Crippen molar-refractivity contribution < 1.29 is 9.47 Å². The highest BCUT2D eigenvalue weighted by Gasteiger charge is 2.23. The molecule has 2 aliphatic heterocycles. The SMILES string of the molecule is CN=C(NCCCC1CCCCC1)N1CCC(OCC2CCCCO2)CC1.I. The van der Waals surface area contributed by atoms with Gasteiger partial charge in [-0.1, -0.05) is 32.1 Å². The smallest absolute Gasteiger partial charge is 0.193 e. The van der Waals surface area contributed by atoms with E-state index in [4.69, 9.17) is 9.47 Å². The van der Waals surface area contributed by atoms with Crippen LogP contribution in [0.4, 0.5) is 0 Å². The van der Waals surface area contributed by atoms with Gasteiger partial charge in [0.1, 0.15) is 0 Å². The summed E-state index contributed by atoms with van der Waals surface area (Å²) >= 11 is 0. The van der Waals surface area contributed by atoms with E-state index in [0.717, 1.165) is 64.0 Å². The molecule has 0 aromatic heterocycles. The standard InChI is InChI=1S/C22H41N3O2.HI/c1-23-22(24-14-7-10-19-8-3-2-4-9-19)25-15-12-20(13-16-25)27-18-21-11-5-6-17-26-21;/h19-21H,2-18H2,1H3,(H,23,24);1H. The number of halogens is 1. The lowest BCUT2D eigenvalue weighted by atomic mass is 9.86. The monoisotopic (exact) mass is 507 g/mol. The van der Waals surface area contributed by atoms with E-state index in [0.29, 0.717) is 12.2 Å². The van der Waals surface area contributed by atoms with Gasteiger partial charge in [0.15, 0.2) is 5.96 Å². The third-order valence-corrected chi connectivity index (χ3v) is 6.54. The van der Waals surface area contributed by atoms with Gasteiger partial charge in [-0.2, -0.15) is 0 Å². The minimum Gasteiger partial charge on any atom is -0.376 e. The Morgan fingerprint density at radius 2 is 1.79 bits per heavy atom. The predicted molar refractivity (Wildman–Crippen MR) is 127 cm³/mol. The Morgan fingerprint density at radius 3 is 2.46 bits per heavy atom. The van der Waals surface area contributed by atoms with Crippen LogP contribution >= 0.6 is 24.0 Å². The number of nitrogens with one attached hydrogen (secondary N) is 1. The molecule has 1 unspecified atom stereocenters. The average molecular weight is 508 g/mol. The minimum atomic E-state index is 0. The molecule has 6 heteroatoms. The van der Waals surface area contributed by atoms with Crippen LogP contribution in [0.2, 0.25) is 0 Å². The second-order valence-electron chi connectivity index (χ2n) is 8.63. The first kappa shape index (κ1) is 24.2. The van der Waals surface area contributed by atoms with E-state index in [1.807, 2.05) is 7.05 Å². The topological polar surface area (TPSA) is 46.1 Å². The summed E-state index contributed by atoms with van der Waals surface area (Å²) in [5.41, 5.74) is 0. The molecule has 164 valence electrons. The van der Waals surface area contributed by atoms with Crippen molar-refractivity contribution in [3.05, 3.63) is 0 Å². The molecular formula is C22H42IN3O2. The van der Waals surface area contributed by atoms with Crippen molar-refractivity contribution in [3.8, 4) is 0 Å². The summed E-state index contributed by atoms with van der Waals surface area (Å²) in [7, 11) is 1.91. The average Bonchev–Trinajstić information content (AvgIpc) is 2.74. The van der Waals surface area contributed by atoms with Crippen LogP contribution in [-0.4, -0.2) is 63.0 Å². The van der Waals surface area contributed by atoms with Gasteiger partial charge in [0.05, 0.1) is 18.8 Å². The molecule has 3 rings (SSSR count). The van der Waals surface area contributed by atoms with Gasteiger partial charge in [-0.25, -0.2) is 0 Å². The van der Waals surface area contributed by atoms with E-state index in [9.17, 15) is 0 Å². The molecule has 0 aromatic carbocycles. The second-order valence-corrected chi connectivity index (χ2v) is 8.63. The molecule has 2 heterocycles. The molecule has 1 atom stereocenters. The van der Waals surface area contributed by atoms with Crippen LogP contribution in [0.3, 0.4) is 0 Å². The summed E-state index contributed by atoms with van der Waals surface area (Å²) in [6.07, 6.45) is 16.5. The summed E-state index contributed by atoms with van der Waals surface area (Å²) in [5.74, 6) is 2.05. The van der Waals surface area contributed by atoms with Gasteiger partial charge in [-0.15, -0.1) is 24.0 Å². The third kappa shape index (κ3) is 8.34. The lowest BCUT2D eigenvalue weighted by Gasteiger charge is -2.35. The van der Waals surface area contributed by atoms with E-state index < -0.39 is 0 Å². The normalized spacial score (nSPS) is 25.4. The first-order valence-corrected chi connectivity index (χ1v) is 11.5. The molecule has 1 N–H and O–H groups in total. The molecule has 1 saturated carbocycles. The van der Waals surface area contributed by atoms with Crippen molar-refractivity contribution in [2.24, 2.45) is 10.9 Å². The highest BCUT2D eigenvalue weighted by Crippen LogP contribution is 2.27. The maximum absolute atomic E-state index is 6.14. The van der Waals surface area contributed by atoms with Crippen molar-refractivity contribution in [1.29, 1.82) is 0 Å². The molecule has 0 aromatic rings. The van der Waals surface area contributed by atoms with E-state index in [2.05, 4.69) is 15.2 Å². The summed E-state index contributed by atoms with van der Waals surface area (Å²) in [6.45, 7) is 4.82. The van der Waals surface area contributed by atoms with Crippen LogP contribution < -0.4 is 5.32 Å². The molecule has 3 fully saturated rings. The van der Waals surface area contributed by atoms with Crippen LogP contribution in [0, 0.1) is 5.92 Å². The summed E-state index contributed by atoms with van der Waals surface area (Å²) < 4.78 is 11.9. The molecular weight excluding hydrogens is 465 g/mol. The fourth-order valence-electron chi connectivity index (χ4n) is 4.82. The second kappa shape index (κ2) is 14.0. The Labute approximate surface area is 189 Å². The molecule has 1 aliphatic carbocycles. The Hall–Kier alpha value is -0.0800. The van der Waals surface area contributed by atoms with Crippen molar-refractivity contribution in [2.75, 3.05) is 39.9 Å². The summed E-state index contributed by atoms with van der Waals surface area (Å²) in [5, 5.41) is 3.59. The Bertz CT molecular complexity index is 429. The van der Waals surface area contributed by atoms with E-state index in [1.165, 1.54) is 57.8 Å². The maximum atomic E-state index is 6.14. The Kier molecular flexibility index (Phi) is 12.1. The molecule has 5 nitrogen and oxygen atoms in total. The van der Waals surface area contributed by atoms with Gasteiger partial charge in [-0.05, 0) is 50.9 Å². The van der Waals surface area contributed by atoms with Gasteiger partial charge in [0.25, 0.3) is 0 Å². The summed E-state index contributed by atoms with van der Waals surface area (Å²) in [6, 6.07) is 0. The number of hydrogen-bond donors (Lipinski definition) is 1. The van der Waals surface area contributed by atoms with Gasteiger partial charge in [0, 0.05) is 33.3 Å². The molecule has 0 spiro atoms. The van der Waals surface area contributed by atoms with Crippen molar-refractivity contribution >= 4 is 29.9 Å². The number of hydrogen-bond acceptors (Lipinski definition) is 3. The fourth-order valence-corrected chi connectivity index (χ4v) is 4.82. The van der Waals surface area contributed by atoms with Crippen LogP contribution in [0.1, 0.15) is 77.0 Å². The third-order valence-electron chi connectivity index (χ3n) is 6.54. The highest BCUT2D eigenvalue weighted by molar-refractivity contribution is 14.0. The van der Waals surface area contributed by atoms with E-state index >= 15 is 0 Å². The number of aliphatic imine (C=N–C) groups is 1. The zero-order chi connectivity index (χ0) is 18.7. The van der Waals surface area contributed by atoms with Gasteiger partial charge >= 0.3 is 0 Å². The molecule has 0 radical (unpaired) electrons. The van der Waals surface area contributed by atoms with Crippen LogP contribution in [0.15, 0.2) is 4.99 Å². The minimum absolute atomic E-state index is 0. The lowest BCUT2D eigenvalue weighted by molar-refractivity contribution is -0.0721. The first-order chi connectivity index (χ1) is 13.3. The number of rotatable bonds is 7. The predicted octanol–water partition coefficient (Wildman–Crippen LogP) is 4.59. The van der Waals surface area contributed by atoms with Gasteiger partial charge in [-0.3, -0.25) is 4.99 Å². The van der Waals surface area contributed by atoms with Crippen LogP contribution in [-0.2, 0) is 9.47 Å². The van der Waals surface area contributed by atoms with Crippen molar-refractivity contribution in [1.82, 2.24) is 10.2 Å². The number of likely N-dealkylation sites (tertiary alicyclic amines) is 1. The lowest BCUT2D eigenvalue weighted by Crippen LogP contribution is -2.47. The quantitative estimate of drug-likeness (QED) is 0.237. The number of piperidine rings is 1. The van der Waals surface area contributed by atoms with Gasteiger partial charge < -0.3 is 19.7 Å². The largest absolute Gasteiger partial charge is 0.376 e. The molecule has 0 bridgehead atoms. The number of nitrogens with zero attached hydrogens (tertiary/aromatic N) is 2.